The molecule has 1 spiro atoms. The van der Waals surface area contributed by atoms with Crippen LogP contribution in [0.5, 0.6) is 0 Å². The molecule has 37 heavy (non-hydrogen) atoms. The molecule has 0 saturated heterocycles. The van der Waals surface area contributed by atoms with Crippen LogP contribution >= 0.6 is 0 Å². The molecule has 1 aromatic carbocycles. The van der Waals surface area contributed by atoms with Crippen molar-refractivity contribution < 1.29 is 9.53 Å². The van der Waals surface area contributed by atoms with E-state index in [1.807, 2.05) is 0 Å². The van der Waals surface area contributed by atoms with Crippen molar-refractivity contribution in [2.75, 3.05) is 32.6 Å². The van der Waals surface area contributed by atoms with Gasteiger partial charge in [0.2, 0.25) is 0 Å². The third-order valence-corrected chi connectivity index (χ3v) is 8.94. The fourth-order valence-electron chi connectivity index (χ4n) is 6.68. The second-order valence-electron chi connectivity index (χ2n) is 11.6. The van der Waals surface area contributed by atoms with Crippen molar-refractivity contribution in [1.29, 1.82) is 0 Å². The van der Waals surface area contributed by atoms with Crippen LogP contribution in [-0.2, 0) is 15.1 Å². The van der Waals surface area contributed by atoms with Crippen LogP contribution < -0.4 is 5.32 Å². The number of rotatable bonds is 8. The van der Waals surface area contributed by atoms with Crippen molar-refractivity contribution in [2.45, 2.75) is 82.7 Å². The zero-order chi connectivity index (χ0) is 25.9. The van der Waals surface area contributed by atoms with Gasteiger partial charge in [0.05, 0.1) is 12.2 Å². The normalized spacial score (nSPS) is 22.1. The first-order valence-corrected chi connectivity index (χ1v) is 14.0. The maximum atomic E-state index is 13.1. The molecule has 1 aromatic rings. The van der Waals surface area contributed by atoms with Gasteiger partial charge in [0.15, 0.2) is 5.71 Å². The molecule has 0 unspecified atom stereocenters. The molecular weight excluding hydrogens is 460 g/mol. The quantitative estimate of drug-likeness (QED) is 0.404. The number of nitrogens with one attached hydrogen (secondary N) is 1. The molecule has 1 aliphatic heterocycles. The van der Waals surface area contributed by atoms with E-state index in [1.165, 1.54) is 56.1 Å². The van der Waals surface area contributed by atoms with Gasteiger partial charge in [0.25, 0.3) is 11.7 Å². The smallest absolute Gasteiger partial charge is 0.293 e. The van der Waals surface area contributed by atoms with Gasteiger partial charge < -0.3 is 19.8 Å². The van der Waals surface area contributed by atoms with E-state index >= 15 is 0 Å². The van der Waals surface area contributed by atoms with Crippen LogP contribution in [0.1, 0.15) is 88.2 Å². The lowest BCUT2D eigenvalue weighted by molar-refractivity contribution is -0.110. The average molecular weight is 501 g/mol. The van der Waals surface area contributed by atoms with Gasteiger partial charge in [-0.05, 0) is 87.7 Å². The Kier molecular flexibility index (Phi) is 7.65. The van der Waals surface area contributed by atoms with E-state index in [0.717, 1.165) is 43.5 Å². The summed E-state index contributed by atoms with van der Waals surface area (Å²) < 4.78 is 6.63. The summed E-state index contributed by atoms with van der Waals surface area (Å²) in [5, 5.41) is 3.15. The highest BCUT2D eigenvalue weighted by molar-refractivity contribution is 6.44. The van der Waals surface area contributed by atoms with Gasteiger partial charge in [-0.25, -0.2) is 0 Å². The Morgan fingerprint density at radius 3 is 2.51 bits per heavy atom. The highest BCUT2D eigenvalue weighted by atomic mass is 16.5. The molecule has 5 rings (SSSR count). The monoisotopic (exact) mass is 500 g/mol. The number of amides is 1. The molecule has 6 nitrogen and oxygen atoms in total. The van der Waals surface area contributed by atoms with Crippen LogP contribution in [0.4, 0.5) is 5.69 Å². The van der Waals surface area contributed by atoms with E-state index in [1.54, 1.807) is 6.08 Å². The van der Waals surface area contributed by atoms with E-state index in [4.69, 9.17) is 11.3 Å². The van der Waals surface area contributed by atoms with Gasteiger partial charge in [0, 0.05) is 24.2 Å². The zero-order valence-electron chi connectivity index (χ0n) is 22.4. The number of carbonyl (C=O) groups excluding carboxylic acids is 1. The van der Waals surface area contributed by atoms with Crippen molar-refractivity contribution in [3.8, 4) is 0 Å². The number of hydrogen-bond acceptors (Lipinski definition) is 4. The molecule has 2 fully saturated rings. The molecule has 0 radical (unpaired) electrons. The summed E-state index contributed by atoms with van der Waals surface area (Å²) in [6, 6.07) is 6.52. The minimum Gasteiger partial charge on any atom is -0.369 e. The summed E-state index contributed by atoms with van der Waals surface area (Å²) in [6.07, 6.45) is 17.8. The van der Waals surface area contributed by atoms with E-state index in [2.05, 4.69) is 58.4 Å². The minimum absolute atomic E-state index is 0.217. The topological polar surface area (TPSA) is 58.3 Å². The van der Waals surface area contributed by atoms with Gasteiger partial charge in [-0.15, -0.1) is 4.99 Å². The number of allylic oxidation sites excluding steroid dienone is 3. The number of carbonyl (C=O) groups is 1. The molecule has 4 aliphatic rings. The van der Waals surface area contributed by atoms with E-state index in [-0.39, 0.29) is 11.5 Å². The molecule has 6 heteroatoms. The minimum atomic E-state index is -0.251. The molecule has 2 saturated carbocycles. The Labute approximate surface area is 221 Å². The van der Waals surface area contributed by atoms with Crippen molar-refractivity contribution in [3.63, 3.8) is 0 Å². The highest BCUT2D eigenvalue weighted by Crippen LogP contribution is 2.51. The van der Waals surface area contributed by atoms with Crippen LogP contribution in [0.2, 0.25) is 0 Å². The molecule has 1 heterocycles. The third kappa shape index (κ3) is 5.58. The number of likely N-dealkylation sites (N-methyl/N-ethyl adjacent to an activating group) is 1. The summed E-state index contributed by atoms with van der Waals surface area (Å²) >= 11 is 0. The van der Waals surface area contributed by atoms with E-state index in [9.17, 15) is 4.79 Å². The number of hydrogen-bond donors (Lipinski definition) is 1. The molecule has 3 aliphatic carbocycles. The van der Waals surface area contributed by atoms with Crippen molar-refractivity contribution >= 4 is 22.9 Å². The van der Waals surface area contributed by atoms with Crippen LogP contribution in [0, 0.1) is 12.0 Å². The van der Waals surface area contributed by atoms with Gasteiger partial charge >= 0.3 is 0 Å². The van der Waals surface area contributed by atoms with Crippen LogP contribution in [0.25, 0.3) is 10.4 Å². The van der Waals surface area contributed by atoms with Gasteiger partial charge in [0.1, 0.15) is 0 Å². The Bertz CT molecular complexity index is 1160. The Morgan fingerprint density at radius 1 is 1.11 bits per heavy atom. The SMILES string of the molecule is [C-]#[N+]C1=CCC(C(=O)Nc2ccc(C3(OCCN(C)C)CCCC3)cc2C2=CCC3(CCCC3)CC2)=N1. The van der Waals surface area contributed by atoms with Crippen LogP contribution in [-0.4, -0.2) is 43.8 Å². The first-order chi connectivity index (χ1) is 17.9. The maximum absolute atomic E-state index is 13.1. The lowest BCUT2D eigenvalue weighted by atomic mass is 9.72. The number of aliphatic imine (C=N–C) groups is 1. The standard InChI is InChI=1S/C31H40N4O2/c1-32-28-11-10-27(33-28)29(36)34-26-9-8-24(31(16-6-7-17-31)37-21-20-35(2)3)22-25(26)23-12-18-30(19-13-23)14-4-5-15-30/h8-9,11-12,22H,4-7,10,13-21H2,2-3H3,(H,34,36). The van der Waals surface area contributed by atoms with Crippen LogP contribution in [0.15, 0.2) is 41.2 Å². The third-order valence-electron chi connectivity index (χ3n) is 8.94. The molecule has 0 aromatic heterocycles. The zero-order valence-corrected chi connectivity index (χ0v) is 22.4. The predicted octanol–water partition coefficient (Wildman–Crippen LogP) is 6.71. The average Bonchev–Trinajstić information content (AvgIpc) is 3.67. The summed E-state index contributed by atoms with van der Waals surface area (Å²) in [7, 11) is 4.16. The summed E-state index contributed by atoms with van der Waals surface area (Å²) in [5.41, 5.74) is 5.17. The van der Waals surface area contributed by atoms with Crippen molar-refractivity contribution in [3.05, 3.63) is 58.7 Å². The van der Waals surface area contributed by atoms with Crippen molar-refractivity contribution in [1.82, 2.24) is 4.90 Å². The number of anilines is 1. The van der Waals surface area contributed by atoms with Crippen molar-refractivity contribution in [2.24, 2.45) is 10.4 Å². The van der Waals surface area contributed by atoms with E-state index < -0.39 is 0 Å². The lowest BCUT2D eigenvalue weighted by Gasteiger charge is -2.34. The number of nitrogens with zero attached hydrogens (tertiary/aromatic N) is 3. The van der Waals surface area contributed by atoms with Gasteiger partial charge in [-0.3, -0.25) is 4.79 Å². The van der Waals surface area contributed by atoms with E-state index in [0.29, 0.717) is 30.0 Å². The molecule has 196 valence electrons. The fraction of sp³-hybridized carbons (Fsp3) is 0.581. The van der Waals surface area contributed by atoms with Gasteiger partial charge in [-0.2, -0.15) is 0 Å². The molecule has 1 amide bonds. The molecule has 0 atom stereocenters. The predicted molar refractivity (Wildman–Crippen MR) is 149 cm³/mol. The Balaban J connectivity index is 1.45. The summed E-state index contributed by atoms with van der Waals surface area (Å²) in [4.78, 5) is 22.8. The fourth-order valence-corrected chi connectivity index (χ4v) is 6.68. The largest absolute Gasteiger partial charge is 0.369 e. The first kappa shape index (κ1) is 25.9. The number of ether oxygens (including phenoxy) is 1. The second-order valence-corrected chi connectivity index (χ2v) is 11.6. The van der Waals surface area contributed by atoms with Crippen LogP contribution in [0.3, 0.4) is 0 Å². The molecular formula is C31H40N4O2. The maximum Gasteiger partial charge on any atom is 0.293 e. The Morgan fingerprint density at radius 2 is 1.86 bits per heavy atom. The second kappa shape index (κ2) is 10.9. The van der Waals surface area contributed by atoms with Gasteiger partial charge in [-0.1, -0.05) is 50.5 Å². The molecule has 0 bridgehead atoms. The highest BCUT2D eigenvalue weighted by Gasteiger charge is 2.38. The first-order valence-electron chi connectivity index (χ1n) is 14.0. The summed E-state index contributed by atoms with van der Waals surface area (Å²) in [5.74, 6) is 0.0843. The summed E-state index contributed by atoms with van der Waals surface area (Å²) in [6.45, 7) is 8.79. The Hall–Kier alpha value is -2.75. The number of benzene rings is 1. The lowest BCUT2D eigenvalue weighted by Crippen LogP contribution is -2.30. The molecule has 1 N–H and O–H groups in total.